The van der Waals surface area contributed by atoms with Crippen LogP contribution in [0.2, 0.25) is 0 Å². The third-order valence-electron chi connectivity index (χ3n) is 5.58. The highest BCUT2D eigenvalue weighted by molar-refractivity contribution is 8.03. The number of aromatic nitrogens is 2. The highest BCUT2D eigenvalue weighted by Crippen LogP contribution is 2.51. The molecule has 0 spiro atoms. The van der Waals surface area contributed by atoms with Crippen LogP contribution in [0.4, 0.5) is 5.69 Å². The second kappa shape index (κ2) is 11.3. The third-order valence-corrected chi connectivity index (χ3v) is 9.19. The standard InChI is InChI=1S/C22H27N3O8S4/c1-3-16(11-22-25(23-15(2)34-22)7-5-9-37(29,30)31)10-21-24(6-4-8-36(26,27)28)17-12-18-19(33-14-32-18)13-20(17)35-21/h10-13H,3-9,14H2,1-2H3,(H-,26,27,28,29,30,31)/p+1. The monoisotopic (exact) mass is 590 g/mol. The van der Waals surface area contributed by atoms with E-state index >= 15 is 0 Å². The van der Waals surface area contributed by atoms with E-state index in [1.54, 1.807) is 4.68 Å². The zero-order valence-corrected chi connectivity index (χ0v) is 23.6. The van der Waals surface area contributed by atoms with Gasteiger partial charge in [-0.1, -0.05) is 23.4 Å². The van der Waals surface area contributed by atoms with Gasteiger partial charge in [0.2, 0.25) is 6.79 Å². The average molecular weight is 591 g/mol. The smallest absolute Gasteiger partial charge is 0.289 e. The van der Waals surface area contributed by atoms with Gasteiger partial charge in [0.25, 0.3) is 25.2 Å². The van der Waals surface area contributed by atoms with Crippen LogP contribution in [0.25, 0.3) is 6.08 Å². The molecule has 11 nitrogen and oxygen atoms in total. The van der Waals surface area contributed by atoms with E-state index in [2.05, 4.69) is 5.10 Å². The van der Waals surface area contributed by atoms with Gasteiger partial charge < -0.3 is 14.4 Å². The molecule has 202 valence electrons. The van der Waals surface area contributed by atoms with Crippen LogP contribution < -0.4 is 19.1 Å². The molecule has 1 aromatic heterocycles. The quantitative estimate of drug-likeness (QED) is 0.293. The van der Waals surface area contributed by atoms with Crippen molar-refractivity contribution >= 4 is 55.1 Å². The number of rotatable bonds is 11. The maximum atomic E-state index is 11.3. The minimum absolute atomic E-state index is 0.148. The van der Waals surface area contributed by atoms with Crippen molar-refractivity contribution in [3.63, 3.8) is 0 Å². The summed E-state index contributed by atoms with van der Waals surface area (Å²) >= 11 is 3.01. The summed E-state index contributed by atoms with van der Waals surface area (Å²) in [5, 5.41) is 7.03. The highest BCUT2D eigenvalue weighted by atomic mass is 32.2. The van der Waals surface area contributed by atoms with E-state index in [4.69, 9.17) is 14.0 Å². The normalized spacial score (nSPS) is 16.6. The van der Waals surface area contributed by atoms with Gasteiger partial charge in [-0.3, -0.25) is 9.11 Å². The molecule has 2 aromatic rings. The summed E-state index contributed by atoms with van der Waals surface area (Å²) in [4.78, 5) is 2.96. The van der Waals surface area contributed by atoms with Crippen molar-refractivity contribution in [1.82, 2.24) is 5.10 Å². The van der Waals surface area contributed by atoms with Crippen LogP contribution >= 0.6 is 23.1 Å². The summed E-state index contributed by atoms with van der Waals surface area (Å²) in [6.07, 6.45) is 5.19. The Morgan fingerprint density at radius 1 is 1.14 bits per heavy atom. The lowest BCUT2D eigenvalue weighted by Crippen LogP contribution is -2.39. The number of aryl methyl sites for hydroxylation is 2. The average Bonchev–Trinajstić information content (AvgIpc) is 3.47. The molecular weight excluding hydrogens is 563 g/mol. The van der Waals surface area contributed by atoms with Crippen molar-refractivity contribution in [1.29, 1.82) is 0 Å². The lowest BCUT2D eigenvalue weighted by molar-refractivity contribution is -0.750. The van der Waals surface area contributed by atoms with Crippen LogP contribution in [0.5, 0.6) is 11.5 Å². The number of hydrogen-bond acceptors (Lipinski definition) is 10. The van der Waals surface area contributed by atoms with Crippen LogP contribution in [0, 0.1) is 6.92 Å². The Balaban J connectivity index is 1.62. The molecule has 0 saturated carbocycles. The van der Waals surface area contributed by atoms with Crippen LogP contribution in [-0.4, -0.2) is 55.9 Å². The van der Waals surface area contributed by atoms with Gasteiger partial charge in [-0.25, -0.2) is 0 Å². The van der Waals surface area contributed by atoms with Crippen molar-refractivity contribution in [3.8, 4) is 11.5 Å². The van der Waals surface area contributed by atoms with E-state index in [0.717, 1.165) is 31.2 Å². The van der Waals surface area contributed by atoms with Crippen molar-refractivity contribution in [2.24, 2.45) is 0 Å². The first-order valence-electron chi connectivity index (χ1n) is 11.5. The summed E-state index contributed by atoms with van der Waals surface area (Å²) in [6.45, 7) is 4.75. The van der Waals surface area contributed by atoms with Crippen LogP contribution in [-0.2, 0) is 26.8 Å². The first-order valence-corrected chi connectivity index (χ1v) is 16.4. The van der Waals surface area contributed by atoms with E-state index in [0.29, 0.717) is 31.0 Å². The van der Waals surface area contributed by atoms with E-state index in [1.165, 1.54) is 23.1 Å². The van der Waals surface area contributed by atoms with E-state index in [-0.39, 0.29) is 31.1 Å². The predicted molar refractivity (Wildman–Crippen MR) is 141 cm³/mol. The Hall–Kier alpha value is -2.17. The topological polar surface area (TPSA) is 147 Å². The summed E-state index contributed by atoms with van der Waals surface area (Å²) in [5.74, 6) is 0.594. The Labute approximate surface area is 224 Å². The van der Waals surface area contributed by atoms with E-state index in [9.17, 15) is 21.4 Å². The minimum atomic E-state index is -4.08. The molecular formula is C22H28N3O8S4+. The molecule has 0 atom stereocenters. The molecule has 0 fully saturated rings. The molecule has 4 rings (SSSR count). The number of benzene rings is 1. The van der Waals surface area contributed by atoms with Gasteiger partial charge in [0.15, 0.2) is 23.1 Å². The van der Waals surface area contributed by atoms with E-state index < -0.39 is 20.2 Å². The van der Waals surface area contributed by atoms with Gasteiger partial charge in [0.1, 0.15) is 0 Å². The first kappa shape index (κ1) is 27.9. The van der Waals surface area contributed by atoms with Crippen molar-refractivity contribution in [2.45, 2.75) is 44.6 Å². The fourth-order valence-corrected chi connectivity index (χ4v) is 6.96. The van der Waals surface area contributed by atoms with Crippen LogP contribution in [0.3, 0.4) is 0 Å². The Bertz CT molecular complexity index is 1450. The molecule has 1 aromatic carbocycles. The Morgan fingerprint density at radius 3 is 2.49 bits per heavy atom. The SMILES string of the molecule is CCC(=Cc1sc(C)n[n+]1CCCS(=O)(=O)O)C=C1Sc2cc3c(cc2N1CCCS(=O)(=O)O)OCO3. The van der Waals surface area contributed by atoms with Gasteiger partial charge in [0.05, 0.1) is 22.2 Å². The summed E-state index contributed by atoms with van der Waals surface area (Å²) in [7, 11) is -8.12. The number of hydrogen-bond donors (Lipinski definition) is 2. The third kappa shape index (κ3) is 7.45. The predicted octanol–water partition coefficient (Wildman–Crippen LogP) is 3.27. The number of ether oxygens (including phenoxy) is 2. The largest absolute Gasteiger partial charge is 0.454 e. The molecule has 15 heteroatoms. The van der Waals surface area contributed by atoms with Crippen molar-refractivity contribution in [2.75, 3.05) is 29.7 Å². The maximum Gasteiger partial charge on any atom is 0.289 e. The van der Waals surface area contributed by atoms with Gasteiger partial charge in [-0.05, 0) is 42.8 Å². The molecule has 2 N–H and O–H groups in total. The van der Waals surface area contributed by atoms with Gasteiger partial charge in [-0.2, -0.15) is 16.8 Å². The second-order valence-electron chi connectivity index (χ2n) is 8.44. The molecule has 0 unspecified atom stereocenters. The van der Waals surface area contributed by atoms with E-state index in [1.807, 2.05) is 43.0 Å². The number of allylic oxidation sites excluding steroid dienone is 2. The molecule has 0 amide bonds. The molecule has 3 heterocycles. The summed E-state index contributed by atoms with van der Waals surface area (Å²) in [6, 6.07) is 3.79. The summed E-state index contributed by atoms with van der Waals surface area (Å²) < 4.78 is 75.8. The Morgan fingerprint density at radius 2 is 1.81 bits per heavy atom. The molecule has 0 bridgehead atoms. The minimum Gasteiger partial charge on any atom is -0.454 e. The van der Waals surface area contributed by atoms with Gasteiger partial charge in [0, 0.05) is 41.2 Å². The number of fused-ring (bicyclic) bond motifs is 2. The molecule has 2 aliphatic heterocycles. The molecule has 0 saturated heterocycles. The summed E-state index contributed by atoms with van der Waals surface area (Å²) in [5.41, 5.74) is 1.86. The first-order chi connectivity index (χ1) is 17.4. The second-order valence-corrected chi connectivity index (χ2v) is 13.9. The van der Waals surface area contributed by atoms with Crippen molar-refractivity contribution in [3.05, 3.63) is 38.8 Å². The van der Waals surface area contributed by atoms with Crippen LogP contribution in [0.15, 0.2) is 33.7 Å². The lowest BCUT2D eigenvalue weighted by atomic mass is 10.2. The molecule has 0 radical (unpaired) electrons. The highest BCUT2D eigenvalue weighted by Gasteiger charge is 2.29. The maximum absolute atomic E-state index is 11.3. The fourth-order valence-electron chi connectivity index (χ4n) is 3.90. The van der Waals surface area contributed by atoms with Crippen LogP contribution in [0.1, 0.15) is 36.2 Å². The fraction of sp³-hybridized carbons (Fsp3) is 0.455. The molecule has 37 heavy (non-hydrogen) atoms. The van der Waals surface area contributed by atoms with Gasteiger partial charge in [-0.15, -0.1) is 0 Å². The lowest BCUT2D eigenvalue weighted by Gasteiger charge is -2.20. The molecule has 2 aliphatic rings. The number of nitrogens with zero attached hydrogens (tertiary/aromatic N) is 3. The van der Waals surface area contributed by atoms with Crippen molar-refractivity contribution < 1.29 is 40.1 Å². The zero-order chi connectivity index (χ0) is 26.8. The van der Waals surface area contributed by atoms with Gasteiger partial charge >= 0.3 is 0 Å². The number of thioether (sulfide) groups is 1. The molecule has 0 aliphatic carbocycles. The Kier molecular flexibility index (Phi) is 8.50. The number of anilines is 1. The zero-order valence-electron chi connectivity index (χ0n) is 20.3.